The van der Waals surface area contributed by atoms with Crippen LogP contribution in [0.5, 0.6) is 5.88 Å². The zero-order valence-corrected chi connectivity index (χ0v) is 11.2. The van der Waals surface area contributed by atoms with Gasteiger partial charge in [0.25, 0.3) is 5.95 Å². The van der Waals surface area contributed by atoms with Crippen molar-refractivity contribution in [2.45, 2.75) is 26.2 Å². The standard InChI is InChI=1S/C13H16N4O3/c1-2-3-7-20-12-10(8-11(18)19)9-14-13(16-12)17-6-4-5-15-17/h4-6,9H,2-3,7-8H2,1H3,(H,18,19). The molecule has 7 nitrogen and oxygen atoms in total. The van der Waals surface area contributed by atoms with Gasteiger partial charge >= 0.3 is 5.97 Å². The Balaban J connectivity index is 2.26. The number of carbonyl (C=O) groups is 1. The van der Waals surface area contributed by atoms with Crippen LogP contribution in [0.2, 0.25) is 0 Å². The molecule has 0 unspecified atom stereocenters. The summed E-state index contributed by atoms with van der Waals surface area (Å²) in [7, 11) is 0. The highest BCUT2D eigenvalue weighted by Crippen LogP contribution is 2.17. The average Bonchev–Trinajstić information content (AvgIpc) is 2.94. The van der Waals surface area contributed by atoms with Crippen LogP contribution in [0.4, 0.5) is 0 Å². The first-order valence-electron chi connectivity index (χ1n) is 6.41. The van der Waals surface area contributed by atoms with E-state index >= 15 is 0 Å². The number of aliphatic carboxylic acids is 1. The molecule has 2 heterocycles. The maximum atomic E-state index is 10.8. The lowest BCUT2D eigenvalue weighted by Gasteiger charge is -2.10. The lowest BCUT2D eigenvalue weighted by atomic mass is 10.2. The maximum absolute atomic E-state index is 10.8. The van der Waals surface area contributed by atoms with E-state index in [0.717, 1.165) is 12.8 Å². The van der Waals surface area contributed by atoms with Gasteiger partial charge in [0, 0.05) is 24.2 Å². The van der Waals surface area contributed by atoms with E-state index in [2.05, 4.69) is 22.0 Å². The predicted octanol–water partition coefficient (Wildman–Crippen LogP) is 1.47. The summed E-state index contributed by atoms with van der Waals surface area (Å²) in [6, 6.07) is 1.76. The smallest absolute Gasteiger partial charge is 0.308 e. The fourth-order valence-electron chi connectivity index (χ4n) is 1.60. The molecule has 0 spiro atoms. The summed E-state index contributed by atoms with van der Waals surface area (Å²) in [6.45, 7) is 2.55. The van der Waals surface area contributed by atoms with Gasteiger partial charge in [-0.25, -0.2) is 9.67 Å². The zero-order valence-electron chi connectivity index (χ0n) is 11.2. The second-order valence-electron chi connectivity index (χ2n) is 4.22. The van der Waals surface area contributed by atoms with Gasteiger partial charge in [0.15, 0.2) is 0 Å². The largest absolute Gasteiger partial charge is 0.481 e. The summed E-state index contributed by atoms with van der Waals surface area (Å²) in [5.41, 5.74) is 0.463. The van der Waals surface area contributed by atoms with Crippen molar-refractivity contribution in [3.63, 3.8) is 0 Å². The number of unbranched alkanes of at least 4 members (excludes halogenated alkanes) is 1. The third kappa shape index (κ3) is 3.53. The van der Waals surface area contributed by atoms with Crippen LogP contribution in [0, 0.1) is 0 Å². The number of rotatable bonds is 7. The van der Waals surface area contributed by atoms with Crippen molar-refractivity contribution in [2.75, 3.05) is 6.61 Å². The lowest BCUT2D eigenvalue weighted by Crippen LogP contribution is -2.10. The molecule has 0 amide bonds. The molecule has 0 saturated heterocycles. The molecule has 0 radical (unpaired) electrons. The Bertz CT molecular complexity index is 569. The molecule has 0 saturated carbocycles. The molecule has 0 aromatic carbocycles. The summed E-state index contributed by atoms with van der Waals surface area (Å²) in [6.07, 6.45) is 6.51. The van der Waals surface area contributed by atoms with Crippen molar-refractivity contribution in [2.24, 2.45) is 0 Å². The van der Waals surface area contributed by atoms with E-state index in [4.69, 9.17) is 9.84 Å². The number of hydrogen-bond donors (Lipinski definition) is 1. The molecule has 0 aliphatic rings. The third-order valence-electron chi connectivity index (χ3n) is 2.60. The van der Waals surface area contributed by atoms with Gasteiger partial charge in [0.1, 0.15) is 0 Å². The molecular weight excluding hydrogens is 260 g/mol. The Morgan fingerprint density at radius 1 is 1.50 bits per heavy atom. The highest BCUT2D eigenvalue weighted by atomic mass is 16.5. The van der Waals surface area contributed by atoms with E-state index in [1.165, 1.54) is 10.9 Å². The van der Waals surface area contributed by atoms with E-state index in [0.29, 0.717) is 24.0 Å². The van der Waals surface area contributed by atoms with Crippen LogP contribution >= 0.6 is 0 Å². The molecule has 0 aliphatic heterocycles. The number of carboxylic acids is 1. The van der Waals surface area contributed by atoms with Gasteiger partial charge in [0.05, 0.1) is 13.0 Å². The Morgan fingerprint density at radius 2 is 2.35 bits per heavy atom. The van der Waals surface area contributed by atoms with Gasteiger partial charge in [-0.05, 0) is 12.5 Å². The Labute approximate surface area is 116 Å². The summed E-state index contributed by atoms with van der Waals surface area (Å²) in [5.74, 6) is -0.280. The van der Waals surface area contributed by atoms with Crippen molar-refractivity contribution in [1.29, 1.82) is 0 Å². The third-order valence-corrected chi connectivity index (χ3v) is 2.60. The first-order chi connectivity index (χ1) is 9.70. The summed E-state index contributed by atoms with van der Waals surface area (Å²) < 4.78 is 7.06. The molecule has 2 aromatic rings. The van der Waals surface area contributed by atoms with E-state index in [1.54, 1.807) is 18.5 Å². The number of carboxylic acid groups (broad SMARTS) is 1. The minimum atomic E-state index is -0.944. The van der Waals surface area contributed by atoms with Crippen LogP contribution in [0.3, 0.4) is 0 Å². The molecule has 0 bridgehead atoms. The van der Waals surface area contributed by atoms with Crippen LogP contribution in [-0.2, 0) is 11.2 Å². The number of hydrogen-bond acceptors (Lipinski definition) is 5. The van der Waals surface area contributed by atoms with Gasteiger partial charge in [-0.15, -0.1) is 0 Å². The molecule has 2 aromatic heterocycles. The molecule has 106 valence electrons. The van der Waals surface area contributed by atoms with Crippen LogP contribution in [0.15, 0.2) is 24.7 Å². The molecule has 1 N–H and O–H groups in total. The average molecular weight is 276 g/mol. The fourth-order valence-corrected chi connectivity index (χ4v) is 1.60. The first kappa shape index (κ1) is 14.0. The normalized spacial score (nSPS) is 10.4. The van der Waals surface area contributed by atoms with Crippen LogP contribution < -0.4 is 4.74 Å². The monoisotopic (exact) mass is 276 g/mol. The second kappa shape index (κ2) is 6.65. The highest BCUT2D eigenvalue weighted by molar-refractivity contribution is 5.70. The van der Waals surface area contributed by atoms with E-state index < -0.39 is 5.97 Å². The van der Waals surface area contributed by atoms with Gasteiger partial charge in [-0.1, -0.05) is 13.3 Å². The zero-order chi connectivity index (χ0) is 14.4. The molecule has 0 aliphatic carbocycles. The molecule has 7 heteroatoms. The van der Waals surface area contributed by atoms with E-state index in [9.17, 15) is 4.79 Å². The summed E-state index contributed by atoms with van der Waals surface area (Å²) in [4.78, 5) is 19.2. The first-order valence-corrected chi connectivity index (χ1v) is 6.41. The number of nitrogens with zero attached hydrogens (tertiary/aromatic N) is 4. The summed E-state index contributed by atoms with van der Waals surface area (Å²) in [5, 5.41) is 12.9. The number of ether oxygens (including phenoxy) is 1. The minimum Gasteiger partial charge on any atom is -0.481 e. The fraction of sp³-hybridized carbons (Fsp3) is 0.385. The Hall–Kier alpha value is -2.44. The lowest BCUT2D eigenvalue weighted by molar-refractivity contribution is -0.136. The maximum Gasteiger partial charge on any atom is 0.308 e. The molecule has 2 rings (SSSR count). The predicted molar refractivity (Wildman–Crippen MR) is 70.9 cm³/mol. The Morgan fingerprint density at radius 3 is 3.00 bits per heavy atom. The minimum absolute atomic E-state index is 0.166. The number of aromatic nitrogens is 4. The van der Waals surface area contributed by atoms with Crippen molar-refractivity contribution in [3.05, 3.63) is 30.2 Å². The van der Waals surface area contributed by atoms with Gasteiger partial charge in [-0.3, -0.25) is 4.79 Å². The highest BCUT2D eigenvalue weighted by Gasteiger charge is 2.13. The van der Waals surface area contributed by atoms with E-state index in [1.807, 2.05) is 0 Å². The van der Waals surface area contributed by atoms with E-state index in [-0.39, 0.29) is 6.42 Å². The van der Waals surface area contributed by atoms with Crippen molar-refractivity contribution < 1.29 is 14.6 Å². The molecule has 0 atom stereocenters. The Kier molecular flexibility index (Phi) is 4.65. The van der Waals surface area contributed by atoms with Crippen LogP contribution in [-0.4, -0.2) is 37.4 Å². The van der Waals surface area contributed by atoms with Gasteiger partial charge in [-0.2, -0.15) is 10.1 Å². The van der Waals surface area contributed by atoms with Gasteiger partial charge in [0.2, 0.25) is 5.88 Å². The summed E-state index contributed by atoms with van der Waals surface area (Å²) >= 11 is 0. The quantitative estimate of drug-likeness (QED) is 0.770. The second-order valence-corrected chi connectivity index (χ2v) is 4.22. The molecular formula is C13H16N4O3. The molecule has 0 fully saturated rings. The van der Waals surface area contributed by atoms with Gasteiger partial charge < -0.3 is 9.84 Å². The van der Waals surface area contributed by atoms with Crippen molar-refractivity contribution in [3.8, 4) is 11.8 Å². The topological polar surface area (TPSA) is 90.1 Å². The SMILES string of the molecule is CCCCOc1nc(-n2cccn2)ncc1CC(=O)O. The van der Waals surface area contributed by atoms with Crippen LogP contribution in [0.1, 0.15) is 25.3 Å². The van der Waals surface area contributed by atoms with Crippen LogP contribution in [0.25, 0.3) is 5.95 Å². The van der Waals surface area contributed by atoms with Crippen molar-refractivity contribution in [1.82, 2.24) is 19.7 Å². The van der Waals surface area contributed by atoms with Crippen molar-refractivity contribution >= 4 is 5.97 Å². The molecule has 20 heavy (non-hydrogen) atoms.